The molecule has 1 N–H and O–H groups in total. The van der Waals surface area contributed by atoms with Crippen molar-refractivity contribution < 1.29 is 19.5 Å². The third-order valence-corrected chi connectivity index (χ3v) is 3.77. The van der Waals surface area contributed by atoms with E-state index in [-0.39, 0.29) is 6.42 Å². The first-order valence-electron chi connectivity index (χ1n) is 7.11. The molecule has 1 aliphatic rings. The minimum atomic E-state index is -1.04. The van der Waals surface area contributed by atoms with Crippen LogP contribution in [0.3, 0.4) is 0 Å². The maximum Gasteiger partial charge on any atom is 0.326 e. The van der Waals surface area contributed by atoms with Crippen LogP contribution >= 0.6 is 0 Å². The second-order valence-electron chi connectivity index (χ2n) is 5.43. The second kappa shape index (κ2) is 6.52. The van der Waals surface area contributed by atoms with Crippen LogP contribution in [0, 0.1) is 6.92 Å². The zero-order valence-corrected chi connectivity index (χ0v) is 12.0. The summed E-state index contributed by atoms with van der Waals surface area (Å²) in [6, 6.07) is 6.52. The Labute approximate surface area is 123 Å². The van der Waals surface area contributed by atoms with E-state index in [0.29, 0.717) is 13.0 Å². The maximum atomic E-state index is 12.2. The van der Waals surface area contributed by atoms with Crippen molar-refractivity contribution in [1.29, 1.82) is 0 Å². The van der Waals surface area contributed by atoms with Gasteiger partial charge in [-0.25, -0.2) is 4.79 Å². The van der Waals surface area contributed by atoms with Crippen LogP contribution in [-0.2, 0) is 20.8 Å². The zero-order chi connectivity index (χ0) is 15.4. The van der Waals surface area contributed by atoms with Crippen LogP contribution in [0.4, 0.5) is 0 Å². The summed E-state index contributed by atoms with van der Waals surface area (Å²) in [7, 11) is 0. The first kappa shape index (κ1) is 15.2. The minimum absolute atomic E-state index is 0.0158. The van der Waals surface area contributed by atoms with Crippen molar-refractivity contribution in [2.45, 2.75) is 38.6 Å². The topological polar surface area (TPSA) is 74.7 Å². The lowest BCUT2D eigenvalue weighted by Crippen LogP contribution is -2.50. The number of carbonyl (C=O) groups excluding carboxylic acids is 2. The lowest BCUT2D eigenvalue weighted by atomic mass is 10.0. The number of carboxylic acids is 1. The minimum Gasteiger partial charge on any atom is -0.480 e. The first-order valence-corrected chi connectivity index (χ1v) is 7.11. The number of ketones is 1. The Morgan fingerprint density at radius 2 is 1.86 bits per heavy atom. The van der Waals surface area contributed by atoms with Gasteiger partial charge in [-0.3, -0.25) is 9.59 Å². The summed E-state index contributed by atoms with van der Waals surface area (Å²) >= 11 is 0. The molecule has 0 radical (unpaired) electrons. The molecule has 1 aromatic carbocycles. The van der Waals surface area contributed by atoms with Gasteiger partial charge in [-0.2, -0.15) is 0 Å². The molecule has 1 unspecified atom stereocenters. The second-order valence-corrected chi connectivity index (χ2v) is 5.43. The van der Waals surface area contributed by atoms with Gasteiger partial charge in [0, 0.05) is 13.0 Å². The van der Waals surface area contributed by atoms with Crippen molar-refractivity contribution in [1.82, 2.24) is 4.90 Å². The molecule has 1 atom stereocenters. The molecule has 1 amide bonds. The van der Waals surface area contributed by atoms with E-state index in [0.717, 1.165) is 24.0 Å². The van der Waals surface area contributed by atoms with Gasteiger partial charge in [0.15, 0.2) is 0 Å². The van der Waals surface area contributed by atoms with E-state index < -0.39 is 23.7 Å². The number of carboxylic acid groups (broad SMARTS) is 1. The van der Waals surface area contributed by atoms with Crippen LogP contribution < -0.4 is 0 Å². The summed E-state index contributed by atoms with van der Waals surface area (Å²) in [5.74, 6) is -2.26. The van der Waals surface area contributed by atoms with Gasteiger partial charge in [0.1, 0.15) is 6.04 Å². The quantitative estimate of drug-likeness (QED) is 0.854. The predicted octanol–water partition coefficient (Wildman–Crippen LogP) is 1.57. The van der Waals surface area contributed by atoms with Gasteiger partial charge in [-0.15, -0.1) is 0 Å². The molecule has 2 rings (SSSR count). The lowest BCUT2D eigenvalue weighted by molar-refractivity contribution is -0.155. The molecule has 0 spiro atoms. The van der Waals surface area contributed by atoms with E-state index in [1.165, 1.54) is 4.90 Å². The van der Waals surface area contributed by atoms with Crippen LogP contribution in [0.5, 0.6) is 0 Å². The molecular formula is C16H19NO4. The average Bonchev–Trinajstić information content (AvgIpc) is 2.48. The summed E-state index contributed by atoms with van der Waals surface area (Å²) in [5, 5.41) is 9.15. The third kappa shape index (κ3) is 3.68. The van der Waals surface area contributed by atoms with E-state index in [4.69, 9.17) is 5.11 Å². The molecule has 1 saturated heterocycles. The normalized spacial score (nSPS) is 18.3. The standard InChI is InChI=1S/C16H19NO4/c1-11-5-7-12(8-6-11)10-14(18)15(19)17-9-3-2-4-13(17)16(20)21/h5-8,13H,2-4,9-10H2,1H3,(H,20,21). The van der Waals surface area contributed by atoms with Crippen molar-refractivity contribution in [3.05, 3.63) is 35.4 Å². The molecule has 5 nitrogen and oxygen atoms in total. The molecule has 1 fully saturated rings. The van der Waals surface area contributed by atoms with Crippen molar-refractivity contribution in [2.24, 2.45) is 0 Å². The van der Waals surface area contributed by atoms with Gasteiger partial charge in [0.25, 0.3) is 5.91 Å². The van der Waals surface area contributed by atoms with Crippen molar-refractivity contribution >= 4 is 17.7 Å². The number of nitrogens with zero attached hydrogens (tertiary/aromatic N) is 1. The number of rotatable bonds is 4. The number of benzene rings is 1. The van der Waals surface area contributed by atoms with Gasteiger partial charge >= 0.3 is 5.97 Å². The highest BCUT2D eigenvalue weighted by atomic mass is 16.4. The molecule has 0 aliphatic carbocycles. The summed E-state index contributed by atoms with van der Waals surface area (Å²) in [5.41, 5.74) is 1.85. The first-order chi connectivity index (χ1) is 9.99. The van der Waals surface area contributed by atoms with E-state index in [1.54, 1.807) is 0 Å². The van der Waals surface area contributed by atoms with Crippen molar-refractivity contribution in [2.75, 3.05) is 6.54 Å². The van der Waals surface area contributed by atoms with Crippen LogP contribution in [-0.4, -0.2) is 40.3 Å². The number of Topliss-reactive ketones (excluding diaryl/α,β-unsaturated/α-hetero) is 1. The van der Waals surface area contributed by atoms with Gasteiger partial charge in [-0.1, -0.05) is 29.8 Å². The zero-order valence-electron chi connectivity index (χ0n) is 12.0. The molecule has 112 valence electrons. The van der Waals surface area contributed by atoms with Gasteiger partial charge in [0.2, 0.25) is 5.78 Å². The van der Waals surface area contributed by atoms with Gasteiger partial charge in [-0.05, 0) is 31.7 Å². The van der Waals surface area contributed by atoms with Gasteiger partial charge < -0.3 is 10.0 Å². The number of amides is 1. The Morgan fingerprint density at radius 1 is 1.19 bits per heavy atom. The van der Waals surface area contributed by atoms with Crippen LogP contribution in [0.15, 0.2) is 24.3 Å². The summed E-state index contributed by atoms with van der Waals surface area (Å²) in [4.78, 5) is 36.7. The van der Waals surface area contributed by atoms with E-state index in [9.17, 15) is 14.4 Å². The lowest BCUT2D eigenvalue weighted by Gasteiger charge is -2.32. The Hall–Kier alpha value is -2.17. The maximum absolute atomic E-state index is 12.2. The molecular weight excluding hydrogens is 270 g/mol. The molecule has 1 heterocycles. The highest BCUT2D eigenvalue weighted by Crippen LogP contribution is 2.18. The predicted molar refractivity (Wildman–Crippen MR) is 76.9 cm³/mol. The third-order valence-electron chi connectivity index (χ3n) is 3.77. The molecule has 21 heavy (non-hydrogen) atoms. The Bertz CT molecular complexity index is 550. The average molecular weight is 289 g/mol. The molecule has 1 aromatic rings. The Kier molecular flexibility index (Phi) is 4.73. The molecule has 0 bridgehead atoms. The van der Waals surface area contributed by atoms with Crippen LogP contribution in [0.1, 0.15) is 30.4 Å². The number of piperidine rings is 1. The highest BCUT2D eigenvalue weighted by Gasteiger charge is 2.34. The van der Waals surface area contributed by atoms with Crippen LogP contribution in [0.2, 0.25) is 0 Å². The number of hydrogen-bond donors (Lipinski definition) is 1. The van der Waals surface area contributed by atoms with Crippen molar-refractivity contribution in [3.63, 3.8) is 0 Å². The monoisotopic (exact) mass is 289 g/mol. The molecule has 5 heteroatoms. The smallest absolute Gasteiger partial charge is 0.326 e. The van der Waals surface area contributed by atoms with Gasteiger partial charge in [0.05, 0.1) is 0 Å². The van der Waals surface area contributed by atoms with E-state index in [2.05, 4.69) is 0 Å². The number of hydrogen-bond acceptors (Lipinski definition) is 3. The SMILES string of the molecule is Cc1ccc(CC(=O)C(=O)N2CCCCC2C(=O)O)cc1. The number of aliphatic carboxylic acids is 1. The Morgan fingerprint density at radius 3 is 2.48 bits per heavy atom. The number of carbonyl (C=O) groups is 3. The summed E-state index contributed by atoms with van der Waals surface area (Å²) < 4.78 is 0. The molecule has 0 saturated carbocycles. The number of likely N-dealkylation sites (tertiary alicyclic amines) is 1. The van der Waals surface area contributed by atoms with Crippen LogP contribution in [0.25, 0.3) is 0 Å². The van der Waals surface area contributed by atoms with E-state index in [1.807, 2.05) is 31.2 Å². The largest absolute Gasteiger partial charge is 0.480 e. The van der Waals surface area contributed by atoms with Crippen molar-refractivity contribution in [3.8, 4) is 0 Å². The highest BCUT2D eigenvalue weighted by molar-refractivity contribution is 6.36. The fourth-order valence-electron chi connectivity index (χ4n) is 2.56. The number of aryl methyl sites for hydroxylation is 1. The summed E-state index contributed by atoms with van der Waals surface area (Å²) in [6.45, 7) is 2.29. The molecule has 1 aliphatic heterocycles. The fraction of sp³-hybridized carbons (Fsp3) is 0.438. The summed E-state index contributed by atoms with van der Waals surface area (Å²) in [6.07, 6.45) is 1.95. The van der Waals surface area contributed by atoms with E-state index >= 15 is 0 Å². The fourth-order valence-corrected chi connectivity index (χ4v) is 2.56. The molecule has 0 aromatic heterocycles. The Balaban J connectivity index is 2.05.